The molecular weight excluding hydrogens is 324 g/mol. The van der Waals surface area contributed by atoms with E-state index in [2.05, 4.69) is 0 Å². The zero-order valence-corrected chi connectivity index (χ0v) is 14.0. The van der Waals surface area contributed by atoms with E-state index < -0.39 is 17.6 Å². The van der Waals surface area contributed by atoms with Crippen LogP contribution in [0.3, 0.4) is 0 Å². The first-order chi connectivity index (χ1) is 11.9. The number of rotatable bonds is 3. The molecule has 128 valence electrons. The molecule has 0 radical (unpaired) electrons. The quantitative estimate of drug-likeness (QED) is 0.315. The third kappa shape index (κ3) is 3.10. The molecule has 0 amide bonds. The normalized spacial score (nSPS) is 10.8. The van der Waals surface area contributed by atoms with Gasteiger partial charge in [0.15, 0.2) is 0 Å². The second-order valence-electron chi connectivity index (χ2n) is 5.57. The van der Waals surface area contributed by atoms with Crippen LogP contribution in [0.25, 0.3) is 21.7 Å². The molecule has 0 N–H and O–H groups in total. The summed E-state index contributed by atoms with van der Waals surface area (Å²) in [6.07, 6.45) is 0. The molecule has 0 saturated carbocycles. The number of hydrogen-bond donors (Lipinski definition) is 0. The van der Waals surface area contributed by atoms with Gasteiger partial charge in [-0.05, 0) is 43.7 Å². The van der Waals surface area contributed by atoms with E-state index in [1.54, 1.807) is 32.0 Å². The van der Waals surface area contributed by atoms with Crippen molar-refractivity contribution in [2.45, 2.75) is 20.8 Å². The van der Waals surface area contributed by atoms with E-state index >= 15 is 0 Å². The molecule has 0 spiro atoms. The average Bonchev–Trinajstić information content (AvgIpc) is 2.53. The highest BCUT2D eigenvalue weighted by Crippen LogP contribution is 2.28. The SMILES string of the molecule is CCOC(=O)c1cc2c(=O)oc3cc(OC(C)=O)ccc3c2cc1C. The fourth-order valence-corrected chi connectivity index (χ4v) is 2.72. The third-order valence-electron chi connectivity index (χ3n) is 3.79. The Balaban J connectivity index is 2.25. The zero-order valence-electron chi connectivity index (χ0n) is 14.0. The van der Waals surface area contributed by atoms with Gasteiger partial charge in [-0.25, -0.2) is 9.59 Å². The third-order valence-corrected chi connectivity index (χ3v) is 3.79. The molecule has 6 heteroatoms. The Morgan fingerprint density at radius 1 is 1.08 bits per heavy atom. The van der Waals surface area contributed by atoms with Gasteiger partial charge in [0.2, 0.25) is 0 Å². The number of ether oxygens (including phenoxy) is 2. The van der Waals surface area contributed by atoms with Crippen LogP contribution < -0.4 is 10.4 Å². The molecule has 0 fully saturated rings. The van der Waals surface area contributed by atoms with Gasteiger partial charge >= 0.3 is 17.6 Å². The number of carbonyl (C=O) groups is 2. The van der Waals surface area contributed by atoms with Crippen LogP contribution in [0.4, 0.5) is 0 Å². The van der Waals surface area contributed by atoms with Crippen molar-refractivity contribution in [2.24, 2.45) is 0 Å². The van der Waals surface area contributed by atoms with E-state index in [0.717, 1.165) is 0 Å². The Hall–Kier alpha value is -3.15. The number of aryl methyl sites for hydroxylation is 1. The summed E-state index contributed by atoms with van der Waals surface area (Å²) in [5, 5.41) is 1.64. The van der Waals surface area contributed by atoms with Crippen LogP contribution in [0.2, 0.25) is 0 Å². The number of hydrogen-bond acceptors (Lipinski definition) is 6. The molecule has 1 aromatic heterocycles. The van der Waals surface area contributed by atoms with Crippen LogP contribution in [-0.4, -0.2) is 18.5 Å². The van der Waals surface area contributed by atoms with E-state index in [-0.39, 0.29) is 6.61 Å². The fraction of sp³-hybridized carbons (Fsp3) is 0.211. The topological polar surface area (TPSA) is 82.8 Å². The lowest BCUT2D eigenvalue weighted by atomic mass is 10.0. The largest absolute Gasteiger partial charge is 0.462 e. The van der Waals surface area contributed by atoms with E-state index in [0.29, 0.717) is 38.6 Å². The summed E-state index contributed by atoms with van der Waals surface area (Å²) in [4.78, 5) is 35.4. The minimum Gasteiger partial charge on any atom is -0.462 e. The molecule has 0 atom stereocenters. The molecule has 2 aromatic carbocycles. The van der Waals surface area contributed by atoms with Crippen LogP contribution in [0, 0.1) is 6.92 Å². The molecule has 0 aliphatic heterocycles. The lowest BCUT2D eigenvalue weighted by Gasteiger charge is -2.09. The summed E-state index contributed by atoms with van der Waals surface area (Å²) < 4.78 is 15.4. The van der Waals surface area contributed by atoms with Crippen molar-refractivity contribution >= 4 is 33.7 Å². The Kier molecular flexibility index (Phi) is 4.27. The Bertz CT molecular complexity index is 1060. The molecule has 25 heavy (non-hydrogen) atoms. The van der Waals surface area contributed by atoms with Crippen LogP contribution in [0.1, 0.15) is 29.8 Å². The maximum atomic E-state index is 12.3. The predicted molar refractivity (Wildman–Crippen MR) is 92.0 cm³/mol. The first-order valence-corrected chi connectivity index (χ1v) is 7.77. The highest BCUT2D eigenvalue weighted by molar-refractivity contribution is 6.07. The minimum absolute atomic E-state index is 0.252. The smallest absolute Gasteiger partial charge is 0.344 e. The summed E-state index contributed by atoms with van der Waals surface area (Å²) >= 11 is 0. The number of benzene rings is 2. The summed E-state index contributed by atoms with van der Waals surface area (Å²) in [5.41, 5.74) is 0.756. The van der Waals surface area contributed by atoms with Crippen LogP contribution in [-0.2, 0) is 9.53 Å². The van der Waals surface area contributed by atoms with Gasteiger partial charge in [-0.2, -0.15) is 0 Å². The van der Waals surface area contributed by atoms with E-state index in [4.69, 9.17) is 13.9 Å². The van der Waals surface area contributed by atoms with Crippen LogP contribution in [0.15, 0.2) is 39.5 Å². The van der Waals surface area contributed by atoms with Crippen molar-refractivity contribution in [1.82, 2.24) is 0 Å². The highest BCUT2D eigenvalue weighted by atomic mass is 16.5. The summed E-state index contributed by atoms with van der Waals surface area (Å²) in [6.45, 7) is 5.04. The molecule has 0 bridgehead atoms. The Labute approximate surface area is 143 Å². The summed E-state index contributed by atoms with van der Waals surface area (Å²) in [7, 11) is 0. The van der Waals surface area contributed by atoms with Gasteiger partial charge in [-0.3, -0.25) is 4.79 Å². The summed E-state index contributed by atoms with van der Waals surface area (Å²) in [6, 6.07) is 8.08. The second-order valence-corrected chi connectivity index (χ2v) is 5.57. The lowest BCUT2D eigenvalue weighted by Crippen LogP contribution is -2.09. The zero-order chi connectivity index (χ0) is 18.1. The fourth-order valence-electron chi connectivity index (χ4n) is 2.72. The average molecular weight is 340 g/mol. The maximum absolute atomic E-state index is 12.3. The number of fused-ring (bicyclic) bond motifs is 3. The highest BCUT2D eigenvalue weighted by Gasteiger charge is 2.16. The van der Waals surface area contributed by atoms with Crippen molar-refractivity contribution < 1.29 is 23.5 Å². The molecule has 3 aromatic rings. The number of carbonyl (C=O) groups excluding carboxylic acids is 2. The van der Waals surface area contributed by atoms with Crippen molar-refractivity contribution in [1.29, 1.82) is 0 Å². The van der Waals surface area contributed by atoms with E-state index in [1.807, 2.05) is 0 Å². The first kappa shape index (κ1) is 16.7. The molecule has 0 aliphatic rings. The first-order valence-electron chi connectivity index (χ1n) is 7.77. The van der Waals surface area contributed by atoms with Gasteiger partial charge in [0.1, 0.15) is 11.3 Å². The van der Waals surface area contributed by atoms with Crippen molar-refractivity contribution in [2.75, 3.05) is 6.61 Å². The van der Waals surface area contributed by atoms with Crippen molar-refractivity contribution in [3.8, 4) is 5.75 Å². The van der Waals surface area contributed by atoms with Gasteiger partial charge < -0.3 is 13.9 Å². The monoisotopic (exact) mass is 340 g/mol. The Morgan fingerprint density at radius 3 is 2.52 bits per heavy atom. The van der Waals surface area contributed by atoms with E-state index in [1.165, 1.54) is 19.1 Å². The van der Waals surface area contributed by atoms with E-state index in [9.17, 15) is 14.4 Å². The van der Waals surface area contributed by atoms with Crippen LogP contribution in [0.5, 0.6) is 5.75 Å². The summed E-state index contributed by atoms with van der Waals surface area (Å²) in [5.74, 6) is -0.647. The van der Waals surface area contributed by atoms with Crippen LogP contribution >= 0.6 is 0 Å². The van der Waals surface area contributed by atoms with Crippen molar-refractivity contribution in [3.05, 3.63) is 51.9 Å². The van der Waals surface area contributed by atoms with Gasteiger partial charge in [0.25, 0.3) is 0 Å². The predicted octanol–water partition coefficient (Wildman–Crippen LogP) is 3.36. The molecule has 0 unspecified atom stereocenters. The van der Waals surface area contributed by atoms with Gasteiger partial charge in [-0.1, -0.05) is 0 Å². The molecule has 3 rings (SSSR count). The molecule has 1 heterocycles. The van der Waals surface area contributed by atoms with Gasteiger partial charge in [0.05, 0.1) is 17.6 Å². The standard InChI is InChI=1S/C19H16O6/c1-4-23-18(21)14-9-16-15(7-10(14)2)13-6-5-12(24-11(3)20)8-17(13)25-19(16)22/h5-9H,4H2,1-3H3. The second kappa shape index (κ2) is 6.39. The number of esters is 2. The molecule has 0 aliphatic carbocycles. The van der Waals surface area contributed by atoms with Crippen molar-refractivity contribution in [3.63, 3.8) is 0 Å². The van der Waals surface area contributed by atoms with Gasteiger partial charge in [-0.15, -0.1) is 0 Å². The molecular formula is C19H16O6. The van der Waals surface area contributed by atoms with Gasteiger partial charge in [0, 0.05) is 23.8 Å². The maximum Gasteiger partial charge on any atom is 0.344 e. The molecule has 0 saturated heterocycles. The minimum atomic E-state index is -0.576. The lowest BCUT2D eigenvalue weighted by molar-refractivity contribution is -0.131. The molecule has 6 nitrogen and oxygen atoms in total. The Morgan fingerprint density at radius 2 is 1.84 bits per heavy atom.